The number of aryl methyl sites for hydroxylation is 1. The van der Waals surface area contributed by atoms with Crippen LogP contribution in [-0.4, -0.2) is 44.3 Å². The minimum absolute atomic E-state index is 0.0226. The van der Waals surface area contributed by atoms with E-state index >= 15 is 0 Å². The summed E-state index contributed by atoms with van der Waals surface area (Å²) in [5.74, 6) is -1.37. The van der Waals surface area contributed by atoms with E-state index < -0.39 is 28.5 Å². The van der Waals surface area contributed by atoms with Gasteiger partial charge >= 0.3 is 5.97 Å². The molecule has 3 rings (SSSR count). The average molecular weight is 465 g/mol. The molecule has 1 saturated heterocycles. The van der Waals surface area contributed by atoms with Crippen molar-refractivity contribution in [3.63, 3.8) is 0 Å². The third kappa shape index (κ3) is 5.44. The Morgan fingerprint density at radius 3 is 2.52 bits per heavy atom. The number of esters is 1. The van der Waals surface area contributed by atoms with E-state index in [1.807, 2.05) is 26.0 Å². The van der Waals surface area contributed by atoms with Crippen molar-refractivity contribution < 1.29 is 22.7 Å². The number of sulfonamides is 1. The molecule has 0 spiro atoms. The number of hydrogen-bond acceptors (Lipinski definition) is 5. The maximum Gasteiger partial charge on any atom is 0.340 e. The van der Waals surface area contributed by atoms with Gasteiger partial charge in [0.05, 0.1) is 15.5 Å². The lowest BCUT2D eigenvalue weighted by atomic mass is 10.1. The zero-order valence-corrected chi connectivity index (χ0v) is 19.1. The number of carbonyl (C=O) groups excluding carboxylic acids is 2. The van der Waals surface area contributed by atoms with Crippen LogP contribution in [0.2, 0.25) is 5.02 Å². The highest BCUT2D eigenvalue weighted by molar-refractivity contribution is 7.89. The van der Waals surface area contributed by atoms with Crippen molar-refractivity contribution in [3.05, 3.63) is 58.1 Å². The third-order valence-electron chi connectivity index (χ3n) is 5.32. The first-order valence-electron chi connectivity index (χ1n) is 10.0. The molecule has 0 radical (unpaired) electrons. The van der Waals surface area contributed by atoms with Crippen molar-refractivity contribution in [1.29, 1.82) is 0 Å². The summed E-state index contributed by atoms with van der Waals surface area (Å²) in [5.41, 5.74) is 2.47. The molecule has 2 aromatic carbocycles. The molecule has 0 aliphatic carbocycles. The summed E-state index contributed by atoms with van der Waals surface area (Å²) in [6.45, 7) is 4.18. The van der Waals surface area contributed by atoms with Gasteiger partial charge in [-0.3, -0.25) is 4.79 Å². The van der Waals surface area contributed by atoms with Crippen LogP contribution < -0.4 is 5.32 Å². The van der Waals surface area contributed by atoms with Crippen molar-refractivity contribution in [1.82, 2.24) is 4.31 Å². The zero-order chi connectivity index (χ0) is 22.6. The Balaban J connectivity index is 1.69. The summed E-state index contributed by atoms with van der Waals surface area (Å²) in [6.07, 6.45) is 2.60. The monoisotopic (exact) mass is 464 g/mol. The minimum Gasteiger partial charge on any atom is -0.452 e. The topological polar surface area (TPSA) is 92.8 Å². The number of benzene rings is 2. The Bertz CT molecular complexity index is 1100. The highest BCUT2D eigenvalue weighted by atomic mass is 35.5. The summed E-state index contributed by atoms with van der Waals surface area (Å²) in [4.78, 5) is 24.7. The zero-order valence-electron chi connectivity index (χ0n) is 17.5. The van der Waals surface area contributed by atoms with Crippen molar-refractivity contribution in [3.8, 4) is 0 Å². The molecule has 7 nitrogen and oxygen atoms in total. The van der Waals surface area contributed by atoms with Crippen LogP contribution in [0.4, 0.5) is 5.69 Å². The van der Waals surface area contributed by atoms with Crippen LogP contribution in [0.3, 0.4) is 0 Å². The Morgan fingerprint density at radius 1 is 1.10 bits per heavy atom. The standard InChI is InChI=1S/C22H25ClN2O5S/c1-15-7-6-8-20(16(15)2)24-21(26)14-30-22(27)18-13-17(9-10-19(18)23)31(28,29)25-11-4-3-5-12-25/h6-10,13H,3-5,11-12,14H2,1-2H3,(H,24,26). The van der Waals surface area contributed by atoms with Crippen molar-refractivity contribution in [2.45, 2.75) is 38.0 Å². The van der Waals surface area contributed by atoms with Crippen LogP contribution in [0.1, 0.15) is 40.7 Å². The number of halogens is 1. The second-order valence-electron chi connectivity index (χ2n) is 7.48. The van der Waals surface area contributed by atoms with Crippen LogP contribution in [0.5, 0.6) is 0 Å². The van der Waals surface area contributed by atoms with Crippen molar-refractivity contribution >= 4 is 39.2 Å². The van der Waals surface area contributed by atoms with Gasteiger partial charge in [-0.05, 0) is 62.1 Å². The molecular formula is C22H25ClN2O5S. The maximum atomic E-state index is 12.9. The lowest BCUT2D eigenvalue weighted by molar-refractivity contribution is -0.119. The first kappa shape index (κ1) is 23.2. The Hall–Kier alpha value is -2.42. The first-order valence-corrected chi connectivity index (χ1v) is 11.8. The second kappa shape index (κ2) is 9.80. The fourth-order valence-corrected chi connectivity index (χ4v) is 5.10. The van der Waals surface area contributed by atoms with E-state index in [-0.39, 0.29) is 15.5 Å². The van der Waals surface area contributed by atoms with Gasteiger partial charge in [-0.1, -0.05) is 30.2 Å². The van der Waals surface area contributed by atoms with E-state index in [0.717, 1.165) is 30.4 Å². The fourth-order valence-electron chi connectivity index (χ4n) is 3.36. The Kier molecular flexibility index (Phi) is 7.35. The number of amides is 1. The third-order valence-corrected chi connectivity index (χ3v) is 7.55. The summed E-state index contributed by atoms with van der Waals surface area (Å²) in [7, 11) is -3.73. The van der Waals surface area contributed by atoms with Gasteiger partial charge in [0.1, 0.15) is 0 Å². The quantitative estimate of drug-likeness (QED) is 0.654. The lowest BCUT2D eigenvalue weighted by Gasteiger charge is -2.26. The van der Waals surface area contributed by atoms with Crippen LogP contribution in [-0.2, 0) is 19.6 Å². The van der Waals surface area contributed by atoms with Crippen molar-refractivity contribution in [2.75, 3.05) is 25.0 Å². The molecule has 1 N–H and O–H groups in total. The van der Waals surface area contributed by atoms with Crippen LogP contribution in [0, 0.1) is 13.8 Å². The van der Waals surface area contributed by atoms with Crippen LogP contribution >= 0.6 is 11.6 Å². The minimum atomic E-state index is -3.73. The van der Waals surface area contributed by atoms with Crippen LogP contribution in [0.15, 0.2) is 41.3 Å². The molecule has 1 heterocycles. The van der Waals surface area contributed by atoms with Crippen LogP contribution in [0.25, 0.3) is 0 Å². The lowest BCUT2D eigenvalue weighted by Crippen LogP contribution is -2.35. The predicted molar refractivity (Wildman–Crippen MR) is 119 cm³/mol. The number of hydrogen-bond donors (Lipinski definition) is 1. The smallest absolute Gasteiger partial charge is 0.340 e. The largest absolute Gasteiger partial charge is 0.452 e. The molecule has 0 unspecified atom stereocenters. The van der Waals surface area contributed by atoms with E-state index in [9.17, 15) is 18.0 Å². The van der Waals surface area contributed by atoms with Gasteiger partial charge in [0.2, 0.25) is 10.0 Å². The second-order valence-corrected chi connectivity index (χ2v) is 9.82. The number of rotatable bonds is 6. The summed E-state index contributed by atoms with van der Waals surface area (Å²) in [5, 5.41) is 2.75. The molecule has 2 aromatic rings. The van der Waals surface area contributed by atoms with E-state index in [4.69, 9.17) is 16.3 Å². The van der Waals surface area contributed by atoms with E-state index in [1.54, 1.807) is 6.07 Å². The normalized spacial score (nSPS) is 14.8. The van der Waals surface area contributed by atoms with Gasteiger partial charge in [0.25, 0.3) is 5.91 Å². The predicted octanol–water partition coefficient (Wildman–Crippen LogP) is 3.93. The number of anilines is 1. The van der Waals surface area contributed by atoms with Gasteiger partial charge in [-0.25, -0.2) is 13.2 Å². The molecule has 1 fully saturated rings. The molecule has 31 heavy (non-hydrogen) atoms. The molecule has 0 atom stereocenters. The average Bonchev–Trinajstić information content (AvgIpc) is 2.76. The van der Waals surface area contributed by atoms with Gasteiger partial charge < -0.3 is 10.1 Å². The highest BCUT2D eigenvalue weighted by Gasteiger charge is 2.27. The first-order chi connectivity index (χ1) is 14.7. The molecule has 9 heteroatoms. The van der Waals surface area contributed by atoms with E-state index in [2.05, 4.69) is 5.32 Å². The SMILES string of the molecule is Cc1cccc(NC(=O)COC(=O)c2cc(S(=O)(=O)N3CCCCC3)ccc2Cl)c1C. The number of nitrogens with one attached hydrogen (secondary N) is 1. The van der Waals surface area contributed by atoms with E-state index in [0.29, 0.717) is 18.8 Å². The van der Waals surface area contributed by atoms with Gasteiger partial charge in [-0.2, -0.15) is 4.31 Å². The summed E-state index contributed by atoms with van der Waals surface area (Å²) < 4.78 is 32.2. The number of ether oxygens (including phenoxy) is 1. The molecule has 0 aromatic heterocycles. The molecular weight excluding hydrogens is 440 g/mol. The van der Waals surface area contributed by atoms with Crippen molar-refractivity contribution in [2.24, 2.45) is 0 Å². The van der Waals surface area contributed by atoms with Gasteiger partial charge in [0.15, 0.2) is 6.61 Å². The van der Waals surface area contributed by atoms with E-state index in [1.165, 1.54) is 22.5 Å². The molecule has 1 aliphatic rings. The number of nitrogens with zero attached hydrogens (tertiary/aromatic N) is 1. The van der Waals surface area contributed by atoms with Gasteiger partial charge in [0, 0.05) is 18.8 Å². The number of piperidine rings is 1. The fraction of sp³-hybridized carbons (Fsp3) is 0.364. The maximum absolute atomic E-state index is 12.9. The molecule has 0 saturated carbocycles. The highest BCUT2D eigenvalue weighted by Crippen LogP contribution is 2.25. The number of carbonyl (C=O) groups is 2. The molecule has 1 amide bonds. The van der Waals surface area contributed by atoms with Gasteiger partial charge in [-0.15, -0.1) is 0 Å². The summed E-state index contributed by atoms with van der Waals surface area (Å²) >= 11 is 6.10. The molecule has 166 valence electrons. The Labute approximate surface area is 187 Å². The summed E-state index contributed by atoms with van der Waals surface area (Å²) in [6, 6.07) is 9.43. The molecule has 1 aliphatic heterocycles. The molecule has 0 bridgehead atoms. The Morgan fingerprint density at radius 2 is 1.81 bits per heavy atom.